The van der Waals surface area contributed by atoms with Crippen LogP contribution >= 0.6 is 11.6 Å². The van der Waals surface area contributed by atoms with Gasteiger partial charge in [-0.15, -0.1) is 0 Å². The van der Waals surface area contributed by atoms with Crippen LogP contribution in [0.2, 0.25) is 5.02 Å². The van der Waals surface area contributed by atoms with Crippen molar-refractivity contribution in [1.29, 1.82) is 0 Å². The number of aromatic nitrogens is 2. The number of hydrogen-bond donors (Lipinski definition) is 0. The van der Waals surface area contributed by atoms with Gasteiger partial charge in [0.1, 0.15) is 5.56 Å². The van der Waals surface area contributed by atoms with E-state index in [0.29, 0.717) is 5.02 Å². The van der Waals surface area contributed by atoms with Crippen LogP contribution in [0.3, 0.4) is 0 Å². The van der Waals surface area contributed by atoms with Gasteiger partial charge in [-0.1, -0.05) is 11.6 Å². The first kappa shape index (κ1) is 22.3. The highest BCUT2D eigenvalue weighted by atomic mass is 35.5. The van der Waals surface area contributed by atoms with E-state index < -0.39 is 27.3 Å². The van der Waals surface area contributed by atoms with Gasteiger partial charge in [-0.25, -0.2) is 13.1 Å². The second-order valence-electron chi connectivity index (χ2n) is 7.68. The SMILES string of the molecule is O=c1c(C(F)(F)F)cc(C2CC2)nn1CN1CCN(S(=O)(=O)c2ccc(Cl)cc2)CC1. The fourth-order valence-corrected chi connectivity index (χ4v) is 5.04. The van der Waals surface area contributed by atoms with Gasteiger partial charge in [0.05, 0.1) is 17.3 Å². The fraction of sp³-hybridized carbons (Fsp3) is 0.474. The average molecular weight is 477 g/mol. The van der Waals surface area contributed by atoms with E-state index >= 15 is 0 Å². The van der Waals surface area contributed by atoms with Crippen LogP contribution in [0.1, 0.15) is 30.0 Å². The number of rotatable bonds is 5. The maximum atomic E-state index is 13.3. The molecule has 2 fully saturated rings. The molecule has 7 nitrogen and oxygen atoms in total. The zero-order valence-electron chi connectivity index (χ0n) is 16.3. The summed E-state index contributed by atoms with van der Waals surface area (Å²) in [5.41, 5.74) is -2.13. The summed E-state index contributed by atoms with van der Waals surface area (Å²) in [6.45, 7) is 0.686. The molecule has 12 heteroatoms. The van der Waals surface area contributed by atoms with E-state index in [1.165, 1.54) is 28.6 Å². The third-order valence-corrected chi connectivity index (χ3v) is 7.58. The van der Waals surface area contributed by atoms with Crippen molar-refractivity contribution in [3.05, 3.63) is 57.0 Å². The number of piperazine rings is 1. The molecule has 168 valence electrons. The molecule has 31 heavy (non-hydrogen) atoms. The van der Waals surface area contributed by atoms with Crippen LogP contribution in [0.25, 0.3) is 0 Å². The maximum Gasteiger partial charge on any atom is 0.421 e. The molecule has 1 aliphatic heterocycles. The molecular weight excluding hydrogens is 457 g/mol. The lowest BCUT2D eigenvalue weighted by molar-refractivity contribution is -0.139. The topological polar surface area (TPSA) is 75.5 Å². The second-order valence-corrected chi connectivity index (χ2v) is 10.1. The molecule has 1 saturated heterocycles. The Balaban J connectivity index is 1.48. The first-order valence-corrected chi connectivity index (χ1v) is 11.5. The highest BCUT2D eigenvalue weighted by molar-refractivity contribution is 7.89. The van der Waals surface area contributed by atoms with Gasteiger partial charge < -0.3 is 0 Å². The summed E-state index contributed by atoms with van der Waals surface area (Å²) in [5, 5.41) is 4.57. The van der Waals surface area contributed by atoms with Gasteiger partial charge in [0.25, 0.3) is 5.56 Å². The molecule has 0 unspecified atom stereocenters. The van der Waals surface area contributed by atoms with Crippen molar-refractivity contribution in [1.82, 2.24) is 19.0 Å². The molecule has 0 atom stereocenters. The Morgan fingerprint density at radius 2 is 1.68 bits per heavy atom. The van der Waals surface area contributed by atoms with E-state index in [0.717, 1.165) is 23.6 Å². The fourth-order valence-electron chi connectivity index (χ4n) is 3.50. The summed E-state index contributed by atoms with van der Waals surface area (Å²) in [6.07, 6.45) is -3.25. The molecule has 2 aliphatic rings. The lowest BCUT2D eigenvalue weighted by atomic mass is 10.2. The van der Waals surface area contributed by atoms with Gasteiger partial charge >= 0.3 is 6.18 Å². The molecule has 2 aromatic rings. The first-order chi connectivity index (χ1) is 14.6. The minimum Gasteiger partial charge on any atom is -0.282 e. The molecule has 1 aromatic carbocycles. The quantitative estimate of drug-likeness (QED) is 0.663. The predicted molar refractivity (Wildman–Crippen MR) is 107 cm³/mol. The average Bonchev–Trinajstić information content (AvgIpc) is 3.55. The number of halogens is 4. The van der Waals surface area contributed by atoms with Crippen LogP contribution in [0.5, 0.6) is 0 Å². The highest BCUT2D eigenvalue weighted by Crippen LogP contribution is 2.40. The van der Waals surface area contributed by atoms with E-state index in [1.807, 2.05) is 0 Å². The number of sulfonamides is 1. The smallest absolute Gasteiger partial charge is 0.282 e. The Hall–Kier alpha value is -1.95. The highest BCUT2D eigenvalue weighted by Gasteiger charge is 2.38. The molecule has 1 aliphatic carbocycles. The van der Waals surface area contributed by atoms with Crippen LogP contribution in [0, 0.1) is 0 Å². The number of alkyl halides is 3. The summed E-state index contributed by atoms with van der Waals surface area (Å²) >= 11 is 5.81. The Morgan fingerprint density at radius 1 is 1.06 bits per heavy atom. The standard InChI is InChI=1S/C19H20ClF3N4O3S/c20-14-3-5-15(6-4-14)31(29,30)26-9-7-25(8-10-26)12-27-18(28)16(19(21,22)23)11-17(24-27)13-1-2-13/h3-6,11,13H,1-2,7-10,12H2. The first-order valence-electron chi connectivity index (χ1n) is 9.73. The second kappa shape index (κ2) is 8.19. The van der Waals surface area contributed by atoms with Gasteiger partial charge in [-0.05, 0) is 43.2 Å². The molecule has 0 spiro atoms. The summed E-state index contributed by atoms with van der Waals surface area (Å²) in [6, 6.07) is 6.69. The normalized spacial score (nSPS) is 19.0. The molecule has 0 radical (unpaired) electrons. The van der Waals surface area contributed by atoms with Crippen molar-refractivity contribution in [3.8, 4) is 0 Å². The lowest BCUT2D eigenvalue weighted by Crippen LogP contribution is -2.50. The summed E-state index contributed by atoms with van der Waals surface area (Å²) in [4.78, 5) is 14.2. The van der Waals surface area contributed by atoms with Gasteiger partial charge in [-0.3, -0.25) is 9.69 Å². The van der Waals surface area contributed by atoms with Crippen molar-refractivity contribution in [3.63, 3.8) is 0 Å². The Labute approximate surface area is 182 Å². The largest absolute Gasteiger partial charge is 0.421 e. The van der Waals surface area contributed by atoms with Crippen molar-refractivity contribution >= 4 is 21.6 Å². The lowest BCUT2D eigenvalue weighted by Gasteiger charge is -2.34. The summed E-state index contributed by atoms with van der Waals surface area (Å²) < 4.78 is 67.6. The van der Waals surface area contributed by atoms with Gasteiger partial charge in [0, 0.05) is 37.1 Å². The zero-order chi connectivity index (χ0) is 22.4. The van der Waals surface area contributed by atoms with E-state index in [4.69, 9.17) is 11.6 Å². The predicted octanol–water partition coefficient (Wildman–Crippen LogP) is 2.76. The summed E-state index contributed by atoms with van der Waals surface area (Å²) in [7, 11) is -3.70. The Kier molecular flexibility index (Phi) is 5.88. The monoisotopic (exact) mass is 476 g/mol. The Bertz CT molecular complexity index is 1120. The molecular formula is C19H20ClF3N4O3S. The molecule has 4 rings (SSSR count). The minimum atomic E-state index is -4.75. The van der Waals surface area contributed by atoms with E-state index in [2.05, 4.69) is 5.10 Å². The van der Waals surface area contributed by atoms with Crippen LogP contribution < -0.4 is 5.56 Å². The molecule has 0 N–H and O–H groups in total. The summed E-state index contributed by atoms with van der Waals surface area (Å²) in [5.74, 6) is -0.0469. The van der Waals surface area contributed by atoms with Crippen LogP contribution in [0.4, 0.5) is 13.2 Å². The van der Waals surface area contributed by atoms with Crippen molar-refractivity contribution < 1.29 is 21.6 Å². The van der Waals surface area contributed by atoms with Crippen molar-refractivity contribution in [2.45, 2.75) is 36.5 Å². The van der Waals surface area contributed by atoms with Gasteiger partial charge in [-0.2, -0.15) is 22.6 Å². The molecule has 1 aromatic heterocycles. The Morgan fingerprint density at radius 3 is 2.23 bits per heavy atom. The third-order valence-electron chi connectivity index (χ3n) is 5.41. The van der Waals surface area contributed by atoms with Gasteiger partial charge in [0.2, 0.25) is 10.0 Å². The number of benzene rings is 1. The molecule has 0 bridgehead atoms. The van der Waals surface area contributed by atoms with Crippen LogP contribution in [-0.4, -0.2) is 53.6 Å². The maximum absolute atomic E-state index is 13.3. The van der Waals surface area contributed by atoms with Gasteiger partial charge in [0.15, 0.2) is 0 Å². The zero-order valence-corrected chi connectivity index (χ0v) is 17.9. The molecule has 0 amide bonds. The van der Waals surface area contributed by atoms with Crippen LogP contribution in [-0.2, 0) is 22.9 Å². The number of hydrogen-bond acceptors (Lipinski definition) is 5. The van der Waals surface area contributed by atoms with Crippen molar-refractivity contribution in [2.24, 2.45) is 0 Å². The van der Waals surface area contributed by atoms with Crippen molar-refractivity contribution in [2.75, 3.05) is 26.2 Å². The number of nitrogens with zero attached hydrogens (tertiary/aromatic N) is 4. The van der Waals surface area contributed by atoms with Crippen LogP contribution in [0.15, 0.2) is 40.0 Å². The molecule has 2 heterocycles. The third kappa shape index (κ3) is 4.79. The van der Waals surface area contributed by atoms with E-state index in [9.17, 15) is 26.4 Å². The van der Waals surface area contributed by atoms with E-state index in [1.54, 1.807) is 4.90 Å². The minimum absolute atomic E-state index is 0.0469. The van der Waals surface area contributed by atoms with E-state index in [-0.39, 0.29) is 49.4 Å². The molecule has 1 saturated carbocycles.